The lowest BCUT2D eigenvalue weighted by molar-refractivity contribution is -0.125. The van der Waals surface area contributed by atoms with Crippen LogP contribution in [0, 0.1) is 0 Å². The number of fused-ring (bicyclic) bond motifs is 1. The standard InChI is InChI=1S/C21H24N4O4S/c1-15(26)25-19-8-7-18(30(28,29)24-10-4-5-11-24)12-16(19)13-20(25)21(27)23-14-17-6-2-3-9-22-17/h2-3,6-9,12,20H,4-5,10-11,13-14H2,1H3,(H,23,27). The highest BCUT2D eigenvalue weighted by molar-refractivity contribution is 7.89. The number of pyridine rings is 1. The highest BCUT2D eigenvalue weighted by Gasteiger charge is 2.38. The number of amides is 2. The molecule has 2 amide bonds. The normalized spacial score (nSPS) is 19.0. The van der Waals surface area contributed by atoms with E-state index in [2.05, 4.69) is 10.3 Å². The van der Waals surface area contributed by atoms with Crippen molar-refractivity contribution in [3.63, 3.8) is 0 Å². The molecule has 1 atom stereocenters. The number of nitrogens with one attached hydrogen (secondary N) is 1. The van der Waals surface area contributed by atoms with Crippen molar-refractivity contribution in [2.45, 2.75) is 43.7 Å². The number of rotatable bonds is 5. The smallest absolute Gasteiger partial charge is 0.243 e. The van der Waals surface area contributed by atoms with E-state index in [1.54, 1.807) is 24.4 Å². The molecule has 2 aliphatic heterocycles. The molecule has 0 bridgehead atoms. The summed E-state index contributed by atoms with van der Waals surface area (Å²) in [6.07, 6.45) is 3.64. The van der Waals surface area contributed by atoms with Crippen molar-refractivity contribution < 1.29 is 18.0 Å². The summed E-state index contributed by atoms with van der Waals surface area (Å²) >= 11 is 0. The lowest BCUT2D eigenvalue weighted by Gasteiger charge is -2.23. The fourth-order valence-corrected chi connectivity index (χ4v) is 5.63. The van der Waals surface area contributed by atoms with Gasteiger partial charge in [0, 0.05) is 38.3 Å². The summed E-state index contributed by atoms with van der Waals surface area (Å²) in [7, 11) is -3.56. The van der Waals surface area contributed by atoms with Crippen molar-refractivity contribution in [1.29, 1.82) is 0 Å². The van der Waals surface area contributed by atoms with Crippen molar-refractivity contribution in [2.24, 2.45) is 0 Å². The van der Waals surface area contributed by atoms with Gasteiger partial charge in [-0.05, 0) is 48.7 Å². The zero-order valence-electron chi connectivity index (χ0n) is 16.7. The van der Waals surface area contributed by atoms with Crippen molar-refractivity contribution >= 4 is 27.5 Å². The molecular weight excluding hydrogens is 404 g/mol. The molecule has 1 saturated heterocycles. The number of benzene rings is 1. The SMILES string of the molecule is CC(=O)N1c2ccc(S(=O)(=O)N3CCCC3)cc2CC1C(=O)NCc1ccccn1. The number of nitrogens with zero attached hydrogens (tertiary/aromatic N) is 3. The van der Waals surface area contributed by atoms with E-state index in [-0.39, 0.29) is 29.7 Å². The van der Waals surface area contributed by atoms with E-state index < -0.39 is 16.1 Å². The Hall–Kier alpha value is -2.78. The maximum Gasteiger partial charge on any atom is 0.243 e. The van der Waals surface area contributed by atoms with Crippen molar-refractivity contribution in [3.8, 4) is 0 Å². The zero-order chi connectivity index (χ0) is 21.3. The maximum atomic E-state index is 12.9. The first kappa shape index (κ1) is 20.5. The first-order valence-electron chi connectivity index (χ1n) is 9.98. The van der Waals surface area contributed by atoms with Gasteiger partial charge in [-0.3, -0.25) is 19.5 Å². The summed E-state index contributed by atoms with van der Waals surface area (Å²) in [5.41, 5.74) is 1.99. The molecule has 8 nitrogen and oxygen atoms in total. The third kappa shape index (κ3) is 3.82. The maximum absolute atomic E-state index is 12.9. The van der Waals surface area contributed by atoms with Crippen LogP contribution in [-0.4, -0.2) is 48.7 Å². The average molecular weight is 429 g/mol. The van der Waals surface area contributed by atoms with Gasteiger partial charge >= 0.3 is 0 Å². The fourth-order valence-electron chi connectivity index (χ4n) is 4.06. The molecule has 1 N–H and O–H groups in total. The van der Waals surface area contributed by atoms with E-state index in [4.69, 9.17) is 0 Å². The van der Waals surface area contributed by atoms with Crippen LogP contribution in [0.1, 0.15) is 31.0 Å². The van der Waals surface area contributed by atoms with Crippen molar-refractivity contribution in [2.75, 3.05) is 18.0 Å². The predicted octanol–water partition coefficient (Wildman–Crippen LogP) is 1.46. The first-order chi connectivity index (χ1) is 14.4. The number of hydrogen-bond acceptors (Lipinski definition) is 5. The second-order valence-corrected chi connectivity index (χ2v) is 9.49. The molecule has 2 aliphatic rings. The van der Waals surface area contributed by atoms with Gasteiger partial charge in [-0.15, -0.1) is 0 Å². The van der Waals surface area contributed by atoms with Crippen molar-refractivity contribution in [3.05, 3.63) is 53.9 Å². The quantitative estimate of drug-likeness (QED) is 0.777. The molecule has 158 valence electrons. The highest BCUT2D eigenvalue weighted by Crippen LogP contribution is 2.35. The Labute approximate surface area is 175 Å². The Morgan fingerprint density at radius 1 is 1.17 bits per heavy atom. The minimum Gasteiger partial charge on any atom is -0.349 e. The molecule has 30 heavy (non-hydrogen) atoms. The van der Waals surface area contributed by atoms with Crippen LogP contribution in [0.2, 0.25) is 0 Å². The number of carbonyl (C=O) groups is 2. The van der Waals surface area contributed by atoms with E-state index in [1.165, 1.54) is 22.2 Å². The summed E-state index contributed by atoms with van der Waals surface area (Å²) < 4.78 is 27.3. The lowest BCUT2D eigenvalue weighted by Crippen LogP contribution is -2.47. The number of anilines is 1. The third-order valence-corrected chi connectivity index (χ3v) is 7.44. The molecule has 0 radical (unpaired) electrons. The molecule has 1 fully saturated rings. The van der Waals surface area contributed by atoms with E-state index in [0.717, 1.165) is 18.5 Å². The van der Waals surface area contributed by atoms with Gasteiger partial charge in [-0.25, -0.2) is 8.42 Å². The van der Waals surface area contributed by atoms with Crippen LogP contribution in [0.25, 0.3) is 0 Å². The largest absolute Gasteiger partial charge is 0.349 e. The van der Waals surface area contributed by atoms with Crippen LogP contribution in [0.15, 0.2) is 47.5 Å². The molecule has 0 spiro atoms. The van der Waals surface area contributed by atoms with E-state index >= 15 is 0 Å². The highest BCUT2D eigenvalue weighted by atomic mass is 32.2. The first-order valence-corrected chi connectivity index (χ1v) is 11.4. The van der Waals surface area contributed by atoms with Gasteiger partial charge in [0.1, 0.15) is 6.04 Å². The van der Waals surface area contributed by atoms with Crippen LogP contribution >= 0.6 is 0 Å². The monoisotopic (exact) mass is 428 g/mol. The minimum atomic E-state index is -3.56. The second kappa shape index (κ2) is 8.16. The summed E-state index contributed by atoms with van der Waals surface area (Å²) in [5.74, 6) is -0.558. The van der Waals surface area contributed by atoms with E-state index in [1.807, 2.05) is 12.1 Å². The number of sulfonamides is 1. The minimum absolute atomic E-state index is 0.209. The van der Waals surface area contributed by atoms with Gasteiger partial charge in [0.15, 0.2) is 0 Å². The Bertz CT molecular complexity index is 1070. The van der Waals surface area contributed by atoms with Gasteiger partial charge in [-0.1, -0.05) is 6.07 Å². The van der Waals surface area contributed by atoms with E-state index in [0.29, 0.717) is 24.3 Å². The molecule has 1 aromatic carbocycles. The molecular formula is C21H24N4O4S. The summed E-state index contributed by atoms with van der Waals surface area (Å²) in [4.78, 5) is 31.0. The molecule has 1 unspecified atom stereocenters. The van der Waals surface area contributed by atoms with Crippen LogP contribution in [-0.2, 0) is 32.6 Å². The summed E-state index contributed by atoms with van der Waals surface area (Å²) in [6, 6.07) is 9.48. The van der Waals surface area contributed by atoms with Crippen molar-refractivity contribution in [1.82, 2.24) is 14.6 Å². The summed E-state index contributed by atoms with van der Waals surface area (Å²) in [6.45, 7) is 2.71. The Kier molecular flexibility index (Phi) is 5.57. The molecule has 1 aromatic heterocycles. The molecule has 0 saturated carbocycles. The topological polar surface area (TPSA) is 99.7 Å². The lowest BCUT2D eigenvalue weighted by atomic mass is 10.1. The Morgan fingerprint density at radius 2 is 1.93 bits per heavy atom. The van der Waals surface area contributed by atoms with Crippen LogP contribution in [0.4, 0.5) is 5.69 Å². The predicted molar refractivity (Wildman–Crippen MR) is 111 cm³/mol. The zero-order valence-corrected chi connectivity index (χ0v) is 17.6. The second-order valence-electron chi connectivity index (χ2n) is 7.55. The summed E-state index contributed by atoms with van der Waals surface area (Å²) in [5, 5.41) is 2.83. The number of aromatic nitrogens is 1. The molecule has 9 heteroatoms. The molecule has 4 rings (SSSR count). The average Bonchev–Trinajstić information content (AvgIpc) is 3.40. The fraction of sp³-hybridized carbons (Fsp3) is 0.381. The molecule has 0 aliphatic carbocycles. The Balaban J connectivity index is 1.56. The number of hydrogen-bond donors (Lipinski definition) is 1. The van der Waals surface area contributed by atoms with Gasteiger partial charge in [-0.2, -0.15) is 4.31 Å². The van der Waals surface area contributed by atoms with Gasteiger partial charge in [0.25, 0.3) is 0 Å². The van der Waals surface area contributed by atoms with Crippen LogP contribution in [0.5, 0.6) is 0 Å². The molecule has 2 aromatic rings. The van der Waals surface area contributed by atoms with E-state index in [9.17, 15) is 18.0 Å². The van der Waals surface area contributed by atoms with Gasteiger partial charge < -0.3 is 5.32 Å². The van der Waals surface area contributed by atoms with Gasteiger partial charge in [0.2, 0.25) is 21.8 Å². The number of carbonyl (C=O) groups excluding carboxylic acids is 2. The Morgan fingerprint density at radius 3 is 2.60 bits per heavy atom. The third-order valence-electron chi connectivity index (χ3n) is 5.55. The van der Waals surface area contributed by atoms with Crippen LogP contribution in [0.3, 0.4) is 0 Å². The van der Waals surface area contributed by atoms with Gasteiger partial charge in [0.05, 0.1) is 17.1 Å². The van der Waals surface area contributed by atoms with Crippen LogP contribution < -0.4 is 10.2 Å². The molecule has 3 heterocycles.